The quantitative estimate of drug-likeness (QED) is 0.124. The van der Waals surface area contributed by atoms with Crippen molar-refractivity contribution in [3.63, 3.8) is 0 Å². The van der Waals surface area contributed by atoms with Gasteiger partial charge in [0.15, 0.2) is 17.3 Å². The number of nitrogens with one attached hydrogen (secondary N) is 2. The molecule has 0 radical (unpaired) electrons. The molecule has 0 spiro atoms. The predicted molar refractivity (Wildman–Crippen MR) is 153 cm³/mol. The molecule has 1 unspecified atom stereocenters. The molecular weight excluding hydrogens is 500 g/mol. The van der Waals surface area contributed by atoms with Gasteiger partial charge in [-0.15, -0.1) is 13.2 Å². The van der Waals surface area contributed by atoms with Crippen molar-refractivity contribution in [1.29, 1.82) is 0 Å². The van der Waals surface area contributed by atoms with Crippen molar-refractivity contribution >= 4 is 22.5 Å². The summed E-state index contributed by atoms with van der Waals surface area (Å²) in [5.41, 5.74) is 4.26. The van der Waals surface area contributed by atoms with Gasteiger partial charge in [0, 0.05) is 31.4 Å². The van der Waals surface area contributed by atoms with Crippen LogP contribution in [0.1, 0.15) is 37.6 Å². The van der Waals surface area contributed by atoms with Gasteiger partial charge in [-0.1, -0.05) is 31.0 Å². The third-order valence-corrected chi connectivity index (χ3v) is 5.59. The number of hydrogen-bond acceptors (Lipinski definition) is 7. The Balaban J connectivity index is 0.000000451. The fourth-order valence-electron chi connectivity index (χ4n) is 3.51. The number of hydrogen-bond donors (Lipinski definition) is 3. The normalized spacial score (nSPS) is 10.9. The van der Waals surface area contributed by atoms with Crippen LogP contribution in [-0.4, -0.2) is 49.8 Å². The first-order chi connectivity index (χ1) is 18.8. The monoisotopic (exact) mass is 535 g/mol. The maximum absolute atomic E-state index is 11.9. The lowest BCUT2D eigenvalue weighted by atomic mass is 10.1. The summed E-state index contributed by atoms with van der Waals surface area (Å²) < 4.78 is 25.7. The molecule has 0 saturated heterocycles. The highest BCUT2D eigenvalue weighted by atomic mass is 19.2. The summed E-state index contributed by atoms with van der Waals surface area (Å²) in [5.74, 6) is 5.55. The Labute approximate surface area is 228 Å². The van der Waals surface area contributed by atoms with Crippen LogP contribution >= 0.6 is 0 Å². The van der Waals surface area contributed by atoms with E-state index in [9.17, 15) is 14.0 Å². The van der Waals surface area contributed by atoms with Crippen LogP contribution in [0.3, 0.4) is 0 Å². The molecule has 0 bridgehead atoms. The average Bonchev–Trinajstić information content (AvgIpc) is 3.33. The van der Waals surface area contributed by atoms with Crippen LogP contribution in [0.25, 0.3) is 11.0 Å². The van der Waals surface area contributed by atoms with Crippen LogP contribution in [0.15, 0.2) is 61.9 Å². The minimum atomic E-state index is -0.799. The van der Waals surface area contributed by atoms with Crippen molar-refractivity contribution in [2.75, 3.05) is 24.2 Å². The zero-order valence-corrected chi connectivity index (χ0v) is 23.0. The fraction of sp³-hybridized carbons (Fsp3) is 0.276. The molecule has 0 amide bonds. The lowest BCUT2D eigenvalue weighted by Crippen LogP contribution is -2.35. The zero-order chi connectivity index (χ0) is 28.9. The van der Waals surface area contributed by atoms with Crippen molar-refractivity contribution in [1.82, 2.24) is 24.8 Å². The highest BCUT2D eigenvalue weighted by Crippen LogP contribution is 2.23. The van der Waals surface area contributed by atoms with E-state index in [1.54, 1.807) is 0 Å². The molecule has 1 atom stereocenters. The van der Waals surface area contributed by atoms with Gasteiger partial charge in [-0.25, -0.2) is 23.4 Å². The first-order valence-corrected chi connectivity index (χ1v) is 12.4. The van der Waals surface area contributed by atoms with Gasteiger partial charge in [0.25, 0.3) is 0 Å². The summed E-state index contributed by atoms with van der Waals surface area (Å²) in [7, 11) is 1.82. The number of benzene rings is 2. The van der Waals surface area contributed by atoms with E-state index in [-0.39, 0.29) is 6.17 Å². The van der Waals surface area contributed by atoms with E-state index in [0.717, 1.165) is 40.0 Å². The number of aryl methyl sites for hydroxylation is 2. The number of halogens is 2. The minimum absolute atomic E-state index is 0.206. The van der Waals surface area contributed by atoms with Gasteiger partial charge in [0.2, 0.25) is 0 Å². The Kier molecular flexibility index (Phi) is 12.0. The molecule has 0 fully saturated rings. The molecule has 0 aliphatic rings. The lowest BCUT2D eigenvalue weighted by molar-refractivity contribution is -0.109. The Hall–Kier alpha value is -4.33. The topological polar surface area (TPSA) is 91.1 Å². The summed E-state index contributed by atoms with van der Waals surface area (Å²) >= 11 is 0. The molecule has 10 heteroatoms. The number of fused-ring (bicyclic) bond motifs is 1. The number of nitrogens with zero attached hydrogens (tertiary/aromatic N) is 5. The highest BCUT2D eigenvalue weighted by Gasteiger charge is 2.14. The molecule has 4 aromatic rings. The van der Waals surface area contributed by atoms with Gasteiger partial charge in [0.05, 0.1) is 11.6 Å². The van der Waals surface area contributed by atoms with Crippen molar-refractivity contribution < 1.29 is 14.0 Å². The Bertz CT molecular complexity index is 1410. The van der Waals surface area contributed by atoms with Gasteiger partial charge in [0.1, 0.15) is 17.8 Å². The number of hydroxylamine groups is 2. The molecular formula is C29H35F2N7O. The Morgan fingerprint density at radius 2 is 1.74 bits per heavy atom. The molecule has 2 heterocycles. The zero-order valence-electron chi connectivity index (χ0n) is 23.0. The van der Waals surface area contributed by atoms with E-state index < -0.39 is 11.6 Å². The molecule has 2 aromatic heterocycles. The third-order valence-electron chi connectivity index (χ3n) is 5.59. The summed E-state index contributed by atoms with van der Waals surface area (Å²) in [6, 6.07) is 11.0. The third kappa shape index (κ3) is 8.07. The van der Waals surface area contributed by atoms with E-state index in [0.29, 0.717) is 24.6 Å². The first kappa shape index (κ1) is 30.9. The van der Waals surface area contributed by atoms with E-state index in [1.807, 2.05) is 57.6 Å². The number of rotatable bonds is 6. The molecule has 0 aliphatic carbocycles. The molecule has 0 aliphatic heterocycles. The SMILES string of the molecule is C=C.CCN(O)C(C)Nc1ccc(C)c(C#Cc2nn(CC)c3ncnc(NC)c23)c1.Fc1ccccc1F. The molecule has 39 heavy (non-hydrogen) atoms. The maximum atomic E-state index is 11.9. The number of anilines is 2. The van der Waals surface area contributed by atoms with Crippen molar-refractivity contribution in [2.45, 2.75) is 40.4 Å². The average molecular weight is 536 g/mol. The van der Waals surface area contributed by atoms with Crippen LogP contribution in [0.5, 0.6) is 0 Å². The van der Waals surface area contributed by atoms with Crippen LogP contribution < -0.4 is 10.6 Å². The largest absolute Gasteiger partial charge is 0.372 e. The molecule has 206 valence electrons. The van der Waals surface area contributed by atoms with Crippen LogP contribution in [-0.2, 0) is 6.54 Å². The number of aromatic nitrogens is 4. The summed E-state index contributed by atoms with van der Waals surface area (Å²) in [6.07, 6.45) is 1.32. The van der Waals surface area contributed by atoms with Crippen molar-refractivity contribution in [3.8, 4) is 11.8 Å². The minimum Gasteiger partial charge on any atom is -0.372 e. The van der Waals surface area contributed by atoms with E-state index in [2.05, 4.69) is 50.7 Å². The second-order valence-corrected chi connectivity index (χ2v) is 8.11. The van der Waals surface area contributed by atoms with Gasteiger partial charge >= 0.3 is 0 Å². The second kappa shape index (κ2) is 15.2. The molecule has 2 aromatic carbocycles. The fourth-order valence-corrected chi connectivity index (χ4v) is 3.51. The molecule has 4 rings (SSSR count). The smallest absolute Gasteiger partial charge is 0.164 e. The first-order valence-electron chi connectivity index (χ1n) is 12.4. The second-order valence-electron chi connectivity index (χ2n) is 8.11. The maximum Gasteiger partial charge on any atom is 0.164 e. The lowest BCUT2D eigenvalue weighted by Gasteiger charge is -2.23. The summed E-state index contributed by atoms with van der Waals surface area (Å²) in [5, 5.41) is 22.9. The predicted octanol–water partition coefficient (Wildman–Crippen LogP) is 5.83. The van der Waals surface area contributed by atoms with Crippen molar-refractivity contribution in [3.05, 3.63) is 90.4 Å². The Morgan fingerprint density at radius 1 is 1.08 bits per heavy atom. The molecule has 8 nitrogen and oxygen atoms in total. The summed E-state index contributed by atoms with van der Waals surface area (Å²) in [4.78, 5) is 8.66. The van der Waals surface area contributed by atoms with Crippen LogP contribution in [0, 0.1) is 30.4 Å². The van der Waals surface area contributed by atoms with Gasteiger partial charge < -0.3 is 15.8 Å². The summed E-state index contributed by atoms with van der Waals surface area (Å²) in [6.45, 7) is 15.1. The van der Waals surface area contributed by atoms with E-state index in [1.165, 1.54) is 23.5 Å². The van der Waals surface area contributed by atoms with Gasteiger partial charge in [-0.05, 0) is 56.5 Å². The van der Waals surface area contributed by atoms with Gasteiger partial charge in [-0.2, -0.15) is 10.2 Å². The van der Waals surface area contributed by atoms with E-state index in [4.69, 9.17) is 0 Å². The van der Waals surface area contributed by atoms with E-state index >= 15 is 0 Å². The molecule has 0 saturated carbocycles. The van der Waals surface area contributed by atoms with Crippen LogP contribution in [0.4, 0.5) is 20.3 Å². The van der Waals surface area contributed by atoms with Crippen molar-refractivity contribution in [2.24, 2.45) is 0 Å². The highest BCUT2D eigenvalue weighted by molar-refractivity contribution is 5.91. The van der Waals surface area contributed by atoms with Crippen LogP contribution in [0.2, 0.25) is 0 Å². The Morgan fingerprint density at radius 3 is 2.31 bits per heavy atom. The molecule has 3 N–H and O–H groups in total. The standard InChI is InChI=1S/C21H27N7O.C6H4F2.C2H4/c1-6-27-21-19(20(22-5)23-13-24-21)18(26-27)11-9-16-12-17(10-8-14(16)3)25-15(4)28(29)7-2;7-5-3-1-2-4-6(5)8;1-2/h8,10,12-13,15,25,29H,6-7H2,1-5H3,(H,22,23,24);1-4H;1-2H2. The van der Waals surface area contributed by atoms with Gasteiger partial charge in [-0.3, -0.25) is 0 Å².